The Bertz CT molecular complexity index is 139. The van der Waals surface area contributed by atoms with Crippen molar-refractivity contribution in [2.75, 3.05) is 6.54 Å². The van der Waals surface area contributed by atoms with E-state index in [9.17, 15) is 0 Å². The smallest absolute Gasteiger partial charge is 0.0371 e. The van der Waals surface area contributed by atoms with Crippen LogP contribution in [0.25, 0.3) is 0 Å². The van der Waals surface area contributed by atoms with E-state index in [0.717, 1.165) is 6.54 Å². The standard InChI is InChI=1S/C10H17N/c1-3-9-11(4-2)10-7-5-6-8-10/h2,10H,3,5-9H2,1H3. The largest absolute Gasteiger partial charge is 0.330 e. The van der Waals surface area contributed by atoms with E-state index in [4.69, 9.17) is 6.42 Å². The minimum Gasteiger partial charge on any atom is -0.330 e. The van der Waals surface area contributed by atoms with Crippen LogP contribution in [-0.4, -0.2) is 17.5 Å². The van der Waals surface area contributed by atoms with Gasteiger partial charge in [-0.15, -0.1) is 0 Å². The highest BCUT2D eigenvalue weighted by molar-refractivity contribution is 4.91. The highest BCUT2D eigenvalue weighted by Gasteiger charge is 2.19. The molecule has 0 radical (unpaired) electrons. The van der Waals surface area contributed by atoms with Crippen molar-refractivity contribution in [1.82, 2.24) is 4.90 Å². The van der Waals surface area contributed by atoms with Gasteiger partial charge in [0.1, 0.15) is 0 Å². The third-order valence-corrected chi connectivity index (χ3v) is 2.40. The molecule has 1 saturated carbocycles. The van der Waals surface area contributed by atoms with Gasteiger partial charge >= 0.3 is 0 Å². The number of hydrogen-bond donors (Lipinski definition) is 0. The summed E-state index contributed by atoms with van der Waals surface area (Å²) in [5.41, 5.74) is 0. The molecule has 1 fully saturated rings. The van der Waals surface area contributed by atoms with Gasteiger partial charge in [0.2, 0.25) is 0 Å². The van der Waals surface area contributed by atoms with E-state index in [0.29, 0.717) is 6.04 Å². The van der Waals surface area contributed by atoms with Crippen LogP contribution >= 0.6 is 0 Å². The Morgan fingerprint density at radius 1 is 1.45 bits per heavy atom. The Labute approximate surface area is 69.8 Å². The van der Waals surface area contributed by atoms with E-state index in [1.165, 1.54) is 32.1 Å². The van der Waals surface area contributed by atoms with Crippen LogP contribution in [0, 0.1) is 12.5 Å². The molecular weight excluding hydrogens is 134 g/mol. The molecule has 0 heterocycles. The minimum atomic E-state index is 0.694. The van der Waals surface area contributed by atoms with Gasteiger partial charge in [-0.1, -0.05) is 26.2 Å². The lowest BCUT2D eigenvalue weighted by Crippen LogP contribution is -2.29. The topological polar surface area (TPSA) is 3.24 Å². The molecule has 0 spiro atoms. The van der Waals surface area contributed by atoms with Crippen LogP contribution in [0.5, 0.6) is 0 Å². The maximum Gasteiger partial charge on any atom is 0.0371 e. The minimum absolute atomic E-state index is 0.694. The molecule has 1 aliphatic carbocycles. The Kier molecular flexibility index (Phi) is 3.29. The predicted molar refractivity (Wildman–Crippen MR) is 48.1 cm³/mol. The molecule has 62 valence electrons. The van der Waals surface area contributed by atoms with Crippen LogP contribution in [0.2, 0.25) is 0 Å². The highest BCUT2D eigenvalue weighted by atomic mass is 15.1. The lowest BCUT2D eigenvalue weighted by Gasteiger charge is -2.23. The second-order valence-electron chi connectivity index (χ2n) is 3.26. The zero-order valence-corrected chi connectivity index (χ0v) is 7.34. The maximum absolute atomic E-state index is 5.41. The first-order valence-corrected chi connectivity index (χ1v) is 4.61. The van der Waals surface area contributed by atoms with Crippen molar-refractivity contribution in [3.8, 4) is 12.5 Å². The predicted octanol–water partition coefficient (Wildman–Crippen LogP) is 2.23. The summed E-state index contributed by atoms with van der Waals surface area (Å²) in [5, 5.41) is 0. The summed E-state index contributed by atoms with van der Waals surface area (Å²) in [6, 6.07) is 3.47. The van der Waals surface area contributed by atoms with Crippen LogP contribution < -0.4 is 0 Å². The van der Waals surface area contributed by atoms with Crippen LogP contribution in [0.1, 0.15) is 39.0 Å². The van der Waals surface area contributed by atoms with Gasteiger partial charge in [-0.2, -0.15) is 0 Å². The highest BCUT2D eigenvalue weighted by Crippen LogP contribution is 2.22. The van der Waals surface area contributed by atoms with Crippen LogP contribution in [0.15, 0.2) is 0 Å². The van der Waals surface area contributed by atoms with Gasteiger partial charge < -0.3 is 4.90 Å². The van der Waals surface area contributed by atoms with Gasteiger partial charge in [0.05, 0.1) is 0 Å². The van der Waals surface area contributed by atoms with Crippen molar-refractivity contribution < 1.29 is 0 Å². The second kappa shape index (κ2) is 4.28. The van der Waals surface area contributed by atoms with Gasteiger partial charge in [0.25, 0.3) is 0 Å². The second-order valence-corrected chi connectivity index (χ2v) is 3.26. The number of rotatable bonds is 3. The molecule has 11 heavy (non-hydrogen) atoms. The molecule has 0 amide bonds. The van der Waals surface area contributed by atoms with Gasteiger partial charge in [0.15, 0.2) is 0 Å². The SMILES string of the molecule is C#CN(CCC)C1CCCC1. The molecule has 1 rings (SSSR count). The van der Waals surface area contributed by atoms with Crippen molar-refractivity contribution in [3.63, 3.8) is 0 Å². The molecule has 0 aliphatic heterocycles. The van der Waals surface area contributed by atoms with Gasteiger partial charge in [-0.05, 0) is 19.3 Å². The van der Waals surface area contributed by atoms with E-state index in [1.807, 2.05) is 0 Å². The molecular formula is C10H17N. The lowest BCUT2D eigenvalue weighted by molar-refractivity contribution is 0.298. The Morgan fingerprint density at radius 3 is 2.55 bits per heavy atom. The third-order valence-electron chi connectivity index (χ3n) is 2.40. The molecule has 0 unspecified atom stereocenters. The summed E-state index contributed by atoms with van der Waals surface area (Å²) in [4.78, 5) is 2.17. The van der Waals surface area contributed by atoms with Crippen molar-refractivity contribution in [2.45, 2.75) is 45.1 Å². The monoisotopic (exact) mass is 151 g/mol. The summed E-state index contributed by atoms with van der Waals surface area (Å²) < 4.78 is 0. The van der Waals surface area contributed by atoms with Gasteiger partial charge in [-0.25, -0.2) is 0 Å². The van der Waals surface area contributed by atoms with Crippen molar-refractivity contribution in [3.05, 3.63) is 0 Å². The normalized spacial score (nSPS) is 18.2. The van der Waals surface area contributed by atoms with Gasteiger partial charge in [0, 0.05) is 18.6 Å². The number of terminal acetylenes is 1. The van der Waals surface area contributed by atoms with E-state index in [2.05, 4.69) is 17.9 Å². The Hall–Kier alpha value is -0.640. The van der Waals surface area contributed by atoms with E-state index in [-0.39, 0.29) is 0 Å². The fourth-order valence-corrected chi connectivity index (χ4v) is 1.81. The third kappa shape index (κ3) is 2.15. The molecule has 1 heteroatoms. The number of nitrogens with zero attached hydrogens (tertiary/aromatic N) is 1. The first kappa shape index (κ1) is 8.46. The summed E-state index contributed by atoms with van der Waals surface area (Å²) in [7, 11) is 0. The molecule has 0 aromatic rings. The first-order chi connectivity index (χ1) is 5.38. The average molecular weight is 151 g/mol. The summed E-state index contributed by atoms with van der Waals surface area (Å²) in [6.07, 6.45) is 11.9. The van der Waals surface area contributed by atoms with Crippen LogP contribution in [0.3, 0.4) is 0 Å². The van der Waals surface area contributed by atoms with Gasteiger partial charge in [-0.3, -0.25) is 0 Å². The zero-order chi connectivity index (χ0) is 8.10. The Balaban J connectivity index is 2.35. The van der Waals surface area contributed by atoms with E-state index >= 15 is 0 Å². The molecule has 0 bridgehead atoms. The molecule has 0 saturated heterocycles. The fraction of sp³-hybridized carbons (Fsp3) is 0.800. The van der Waals surface area contributed by atoms with Crippen molar-refractivity contribution in [2.24, 2.45) is 0 Å². The van der Waals surface area contributed by atoms with Crippen LogP contribution in [0.4, 0.5) is 0 Å². The molecule has 0 N–H and O–H groups in total. The summed E-state index contributed by atoms with van der Waals surface area (Å²) in [6.45, 7) is 3.25. The molecule has 0 atom stereocenters. The number of hydrogen-bond acceptors (Lipinski definition) is 1. The van der Waals surface area contributed by atoms with E-state index in [1.54, 1.807) is 0 Å². The molecule has 0 aromatic heterocycles. The molecule has 1 aliphatic rings. The van der Waals surface area contributed by atoms with Crippen molar-refractivity contribution in [1.29, 1.82) is 0 Å². The molecule has 0 aromatic carbocycles. The fourth-order valence-electron chi connectivity index (χ4n) is 1.81. The average Bonchev–Trinajstić information content (AvgIpc) is 2.52. The quantitative estimate of drug-likeness (QED) is 0.441. The zero-order valence-electron chi connectivity index (χ0n) is 7.34. The summed E-state index contributed by atoms with van der Waals surface area (Å²) >= 11 is 0. The maximum atomic E-state index is 5.41. The molecule has 1 nitrogen and oxygen atoms in total. The van der Waals surface area contributed by atoms with Crippen molar-refractivity contribution >= 4 is 0 Å². The lowest BCUT2D eigenvalue weighted by atomic mass is 10.2. The van der Waals surface area contributed by atoms with E-state index < -0.39 is 0 Å². The Morgan fingerprint density at radius 2 is 2.09 bits per heavy atom. The van der Waals surface area contributed by atoms with Crippen LogP contribution in [-0.2, 0) is 0 Å². The summed E-state index contributed by atoms with van der Waals surface area (Å²) in [5.74, 6) is 0. The first-order valence-electron chi connectivity index (χ1n) is 4.61.